The molecule has 0 radical (unpaired) electrons. The highest BCUT2D eigenvalue weighted by atomic mass is 32.1. The minimum Gasteiger partial charge on any atom is -0.486 e. The molecule has 1 N–H and O–H groups in total. The Labute approximate surface area is 159 Å². The van der Waals surface area contributed by atoms with Crippen molar-refractivity contribution in [1.82, 2.24) is 19.8 Å². The predicted octanol–water partition coefficient (Wildman–Crippen LogP) is 4.26. The first-order valence-corrected chi connectivity index (χ1v) is 9.59. The van der Waals surface area contributed by atoms with Crippen LogP contribution in [0.4, 0.5) is 10.2 Å². The Balaban J connectivity index is 1.49. The SMILES string of the molecule is CCC(CNc1ccc2nnc(-c3ccsc3)n2n1)Oc1ccccc1F. The highest BCUT2D eigenvalue weighted by Crippen LogP contribution is 2.21. The average Bonchev–Trinajstić information content (AvgIpc) is 3.35. The molecule has 138 valence electrons. The van der Waals surface area contributed by atoms with E-state index in [1.54, 1.807) is 34.1 Å². The maximum absolute atomic E-state index is 13.8. The van der Waals surface area contributed by atoms with Crippen LogP contribution in [-0.4, -0.2) is 32.5 Å². The minimum atomic E-state index is -0.361. The van der Waals surface area contributed by atoms with Gasteiger partial charge in [0.25, 0.3) is 0 Å². The largest absolute Gasteiger partial charge is 0.486 e. The van der Waals surface area contributed by atoms with Crippen LogP contribution in [0.5, 0.6) is 5.75 Å². The number of halogens is 1. The second-order valence-corrected chi connectivity index (χ2v) is 6.76. The smallest absolute Gasteiger partial charge is 0.186 e. The van der Waals surface area contributed by atoms with E-state index in [-0.39, 0.29) is 17.7 Å². The summed E-state index contributed by atoms with van der Waals surface area (Å²) in [5, 5.41) is 20.2. The molecule has 0 aliphatic carbocycles. The first kappa shape index (κ1) is 17.4. The van der Waals surface area contributed by atoms with Gasteiger partial charge in [0, 0.05) is 10.9 Å². The highest BCUT2D eigenvalue weighted by molar-refractivity contribution is 7.08. The molecule has 0 amide bonds. The van der Waals surface area contributed by atoms with E-state index >= 15 is 0 Å². The molecule has 3 aromatic heterocycles. The molecule has 0 saturated heterocycles. The molecule has 4 aromatic rings. The lowest BCUT2D eigenvalue weighted by Gasteiger charge is -2.18. The third-order valence-corrected chi connectivity index (χ3v) is 4.82. The van der Waals surface area contributed by atoms with Gasteiger partial charge in [-0.3, -0.25) is 0 Å². The molecular weight excluding hydrogens is 365 g/mol. The van der Waals surface area contributed by atoms with Gasteiger partial charge in [-0.2, -0.15) is 15.9 Å². The van der Waals surface area contributed by atoms with Crippen LogP contribution < -0.4 is 10.1 Å². The molecule has 0 aliphatic heterocycles. The number of thiophene rings is 1. The van der Waals surface area contributed by atoms with Crippen LogP contribution in [0, 0.1) is 5.82 Å². The van der Waals surface area contributed by atoms with Crippen LogP contribution in [0.2, 0.25) is 0 Å². The number of nitrogens with zero attached hydrogens (tertiary/aromatic N) is 4. The number of rotatable bonds is 7. The predicted molar refractivity (Wildman–Crippen MR) is 104 cm³/mol. The first-order valence-electron chi connectivity index (χ1n) is 8.64. The normalized spacial score (nSPS) is 12.2. The number of anilines is 1. The maximum Gasteiger partial charge on any atom is 0.186 e. The van der Waals surface area contributed by atoms with Gasteiger partial charge >= 0.3 is 0 Å². The fraction of sp³-hybridized carbons (Fsp3) is 0.211. The van der Waals surface area contributed by atoms with Crippen molar-refractivity contribution in [3.8, 4) is 17.1 Å². The standard InChI is InChI=1S/C19H18FN5OS/c1-2-14(26-16-6-4-3-5-15(16)20)11-21-17-7-8-18-22-23-19(25(18)24-17)13-9-10-27-12-13/h3-10,12,14H,2,11H2,1H3,(H,21,24). The lowest BCUT2D eigenvalue weighted by atomic mass is 10.2. The van der Waals surface area contributed by atoms with Gasteiger partial charge in [0.2, 0.25) is 0 Å². The lowest BCUT2D eigenvalue weighted by Crippen LogP contribution is -2.26. The Hall–Kier alpha value is -3.00. The monoisotopic (exact) mass is 383 g/mol. The van der Waals surface area contributed by atoms with Crippen molar-refractivity contribution in [2.45, 2.75) is 19.4 Å². The number of aromatic nitrogens is 4. The van der Waals surface area contributed by atoms with Crippen LogP contribution >= 0.6 is 11.3 Å². The first-order chi connectivity index (χ1) is 13.2. The fourth-order valence-electron chi connectivity index (χ4n) is 2.66. The summed E-state index contributed by atoms with van der Waals surface area (Å²) < 4.78 is 21.3. The van der Waals surface area contributed by atoms with Gasteiger partial charge in [0.1, 0.15) is 11.9 Å². The zero-order chi connectivity index (χ0) is 18.6. The van der Waals surface area contributed by atoms with Gasteiger partial charge in [0.05, 0.1) is 6.54 Å². The maximum atomic E-state index is 13.8. The van der Waals surface area contributed by atoms with E-state index in [1.165, 1.54) is 6.07 Å². The summed E-state index contributed by atoms with van der Waals surface area (Å²) >= 11 is 1.60. The number of fused-ring (bicyclic) bond motifs is 1. The van der Waals surface area contributed by atoms with Gasteiger partial charge < -0.3 is 10.1 Å². The summed E-state index contributed by atoms with van der Waals surface area (Å²) in [5.41, 5.74) is 1.66. The number of hydrogen-bond acceptors (Lipinski definition) is 6. The summed E-state index contributed by atoms with van der Waals surface area (Å²) in [6.45, 7) is 2.50. The summed E-state index contributed by atoms with van der Waals surface area (Å²) in [7, 11) is 0. The van der Waals surface area contributed by atoms with E-state index in [4.69, 9.17) is 4.74 Å². The average molecular weight is 383 g/mol. The van der Waals surface area contributed by atoms with Gasteiger partial charge in [-0.25, -0.2) is 4.39 Å². The summed E-state index contributed by atoms with van der Waals surface area (Å²) in [5.74, 6) is 1.27. The Kier molecular flexibility index (Phi) is 4.97. The molecule has 0 saturated carbocycles. The summed E-state index contributed by atoms with van der Waals surface area (Å²) in [6.07, 6.45) is 0.549. The second kappa shape index (κ2) is 7.71. The second-order valence-electron chi connectivity index (χ2n) is 5.98. The van der Waals surface area contributed by atoms with Crippen molar-refractivity contribution >= 4 is 22.8 Å². The Morgan fingerprint density at radius 1 is 1.19 bits per heavy atom. The number of benzene rings is 1. The minimum absolute atomic E-state index is 0.184. The number of para-hydroxylation sites is 1. The molecule has 1 atom stereocenters. The van der Waals surface area contributed by atoms with Crippen molar-refractivity contribution in [2.24, 2.45) is 0 Å². The Morgan fingerprint density at radius 2 is 2.07 bits per heavy atom. The summed E-state index contributed by atoms with van der Waals surface area (Å²) in [4.78, 5) is 0. The number of nitrogens with one attached hydrogen (secondary N) is 1. The van der Waals surface area contributed by atoms with E-state index in [1.807, 2.05) is 35.9 Å². The zero-order valence-corrected chi connectivity index (χ0v) is 15.5. The van der Waals surface area contributed by atoms with E-state index in [2.05, 4.69) is 20.6 Å². The van der Waals surface area contributed by atoms with Crippen LogP contribution in [0.1, 0.15) is 13.3 Å². The van der Waals surface area contributed by atoms with Crippen LogP contribution in [0.3, 0.4) is 0 Å². The number of ether oxygens (including phenoxy) is 1. The van der Waals surface area contributed by atoms with Gasteiger partial charge in [-0.15, -0.1) is 15.3 Å². The zero-order valence-electron chi connectivity index (χ0n) is 14.7. The van der Waals surface area contributed by atoms with E-state index in [9.17, 15) is 4.39 Å². The van der Waals surface area contributed by atoms with Crippen LogP contribution in [0.15, 0.2) is 53.2 Å². The molecule has 3 heterocycles. The van der Waals surface area contributed by atoms with Crippen molar-refractivity contribution in [2.75, 3.05) is 11.9 Å². The molecular formula is C19H18FN5OS. The van der Waals surface area contributed by atoms with Crippen LogP contribution in [-0.2, 0) is 0 Å². The van der Waals surface area contributed by atoms with Gasteiger partial charge in [-0.05, 0) is 42.1 Å². The number of hydrogen-bond donors (Lipinski definition) is 1. The fourth-order valence-corrected chi connectivity index (χ4v) is 3.30. The van der Waals surface area contributed by atoms with E-state index < -0.39 is 0 Å². The van der Waals surface area contributed by atoms with Crippen LogP contribution in [0.25, 0.3) is 17.0 Å². The lowest BCUT2D eigenvalue weighted by molar-refractivity contribution is 0.200. The molecule has 1 unspecified atom stereocenters. The Morgan fingerprint density at radius 3 is 2.85 bits per heavy atom. The van der Waals surface area contributed by atoms with E-state index in [0.29, 0.717) is 23.8 Å². The molecule has 0 aliphatic rings. The quantitative estimate of drug-likeness (QED) is 0.517. The topological polar surface area (TPSA) is 64.3 Å². The Bertz CT molecular complexity index is 1030. The summed E-state index contributed by atoms with van der Waals surface area (Å²) in [6, 6.07) is 12.1. The molecule has 27 heavy (non-hydrogen) atoms. The molecule has 0 fully saturated rings. The molecule has 4 rings (SSSR count). The van der Waals surface area contributed by atoms with Crippen molar-refractivity contribution in [1.29, 1.82) is 0 Å². The van der Waals surface area contributed by atoms with Crippen molar-refractivity contribution in [3.63, 3.8) is 0 Å². The van der Waals surface area contributed by atoms with Crippen molar-refractivity contribution in [3.05, 3.63) is 59.0 Å². The third kappa shape index (κ3) is 3.75. The molecule has 0 bridgehead atoms. The third-order valence-electron chi connectivity index (χ3n) is 4.14. The van der Waals surface area contributed by atoms with Gasteiger partial charge in [-0.1, -0.05) is 19.1 Å². The van der Waals surface area contributed by atoms with Crippen molar-refractivity contribution < 1.29 is 9.13 Å². The van der Waals surface area contributed by atoms with Gasteiger partial charge in [0.15, 0.2) is 23.0 Å². The highest BCUT2D eigenvalue weighted by Gasteiger charge is 2.13. The molecule has 0 spiro atoms. The molecule has 6 nitrogen and oxygen atoms in total. The molecule has 8 heteroatoms. The molecule has 1 aromatic carbocycles. The van der Waals surface area contributed by atoms with E-state index in [0.717, 1.165) is 12.0 Å².